The summed E-state index contributed by atoms with van der Waals surface area (Å²) in [6.07, 6.45) is 3.58. The number of carbonyl (C=O) groups excluding carboxylic acids is 1. The second-order valence-corrected chi connectivity index (χ2v) is 7.63. The Balaban J connectivity index is 0.000000441. The van der Waals surface area contributed by atoms with E-state index in [9.17, 15) is 4.79 Å². The van der Waals surface area contributed by atoms with Gasteiger partial charge in [0.2, 0.25) is 5.95 Å². The molecule has 0 unspecified atom stereocenters. The van der Waals surface area contributed by atoms with Crippen molar-refractivity contribution < 1.29 is 4.79 Å². The first-order valence-corrected chi connectivity index (χ1v) is 10.7. The van der Waals surface area contributed by atoms with Crippen LogP contribution in [0.2, 0.25) is 0 Å². The SMILES string of the molecule is CC.CNC1CC1.Cc1ccc(-c2nc(N)nc(SCS)c2C=O)c(C)c1. The molecule has 0 amide bonds. The number of nitrogens with two attached hydrogens (primary N) is 1. The molecule has 2 aromatic rings. The van der Waals surface area contributed by atoms with Gasteiger partial charge >= 0.3 is 0 Å². The van der Waals surface area contributed by atoms with E-state index < -0.39 is 0 Å². The molecular weight excluding hydrogens is 376 g/mol. The van der Waals surface area contributed by atoms with Crippen molar-refractivity contribution in [2.75, 3.05) is 17.9 Å². The number of nitrogens with zero attached hydrogens (tertiary/aromatic N) is 2. The molecule has 0 radical (unpaired) electrons. The number of carbonyl (C=O) groups is 1. The van der Waals surface area contributed by atoms with Crippen LogP contribution in [0.4, 0.5) is 5.95 Å². The van der Waals surface area contributed by atoms with E-state index in [1.807, 2.05) is 52.9 Å². The number of thiol groups is 1. The Bertz CT molecular complexity index is 749. The van der Waals surface area contributed by atoms with Gasteiger partial charge in [-0.25, -0.2) is 9.97 Å². The number of benzene rings is 1. The number of aryl methyl sites for hydroxylation is 2. The number of hydrogen-bond acceptors (Lipinski definition) is 7. The van der Waals surface area contributed by atoms with Gasteiger partial charge in [0, 0.05) is 16.7 Å². The van der Waals surface area contributed by atoms with E-state index in [2.05, 4.69) is 27.9 Å². The van der Waals surface area contributed by atoms with Crippen LogP contribution in [-0.4, -0.2) is 34.4 Å². The first kappa shape index (κ1) is 23.5. The molecule has 5 nitrogen and oxygen atoms in total. The fourth-order valence-electron chi connectivity index (χ4n) is 2.40. The minimum absolute atomic E-state index is 0.162. The monoisotopic (exact) mass is 406 g/mol. The van der Waals surface area contributed by atoms with Crippen molar-refractivity contribution >= 4 is 36.6 Å². The van der Waals surface area contributed by atoms with Crippen molar-refractivity contribution in [2.45, 2.75) is 51.6 Å². The van der Waals surface area contributed by atoms with Gasteiger partial charge in [0.15, 0.2) is 6.29 Å². The number of hydrogen-bond donors (Lipinski definition) is 3. The van der Waals surface area contributed by atoms with Crippen LogP contribution in [0.1, 0.15) is 48.2 Å². The van der Waals surface area contributed by atoms with E-state index in [4.69, 9.17) is 5.73 Å². The number of nitrogens with one attached hydrogen (secondary N) is 1. The Morgan fingerprint density at radius 1 is 1.30 bits per heavy atom. The average molecular weight is 407 g/mol. The molecule has 0 bridgehead atoms. The second-order valence-electron chi connectivity index (χ2n) is 5.92. The third-order valence-corrected chi connectivity index (χ3v) is 4.97. The molecule has 7 heteroatoms. The molecule has 0 atom stereocenters. The topological polar surface area (TPSA) is 80.9 Å². The first-order chi connectivity index (χ1) is 13.0. The van der Waals surface area contributed by atoms with Crippen molar-refractivity contribution in [3.8, 4) is 11.3 Å². The molecule has 1 aliphatic carbocycles. The molecule has 27 heavy (non-hydrogen) atoms. The van der Waals surface area contributed by atoms with Gasteiger partial charge in [0.05, 0.1) is 11.3 Å². The fourth-order valence-corrected chi connectivity index (χ4v) is 3.35. The van der Waals surface area contributed by atoms with Crippen molar-refractivity contribution in [3.05, 3.63) is 34.9 Å². The molecule has 1 aromatic heterocycles. The van der Waals surface area contributed by atoms with Crippen molar-refractivity contribution in [1.82, 2.24) is 15.3 Å². The zero-order chi connectivity index (χ0) is 20.4. The van der Waals surface area contributed by atoms with E-state index in [0.717, 1.165) is 29.0 Å². The number of thioether (sulfide) groups is 1. The Morgan fingerprint density at radius 3 is 2.41 bits per heavy atom. The lowest BCUT2D eigenvalue weighted by Crippen LogP contribution is -2.06. The normalized spacial score (nSPS) is 12.4. The number of aromatic nitrogens is 2. The summed E-state index contributed by atoms with van der Waals surface area (Å²) in [5, 5.41) is 4.22. The van der Waals surface area contributed by atoms with Gasteiger partial charge in [-0.2, -0.15) is 12.6 Å². The summed E-state index contributed by atoms with van der Waals surface area (Å²) in [5.74, 6) is 0.162. The van der Waals surface area contributed by atoms with Gasteiger partial charge in [0.1, 0.15) is 5.03 Å². The van der Waals surface area contributed by atoms with Crippen LogP contribution < -0.4 is 11.1 Å². The average Bonchev–Trinajstić information content (AvgIpc) is 3.48. The highest BCUT2D eigenvalue weighted by Gasteiger charge is 2.17. The predicted molar refractivity (Wildman–Crippen MR) is 120 cm³/mol. The highest BCUT2D eigenvalue weighted by molar-refractivity contribution is 8.09. The summed E-state index contributed by atoms with van der Waals surface area (Å²) in [6, 6.07) is 6.87. The maximum absolute atomic E-state index is 11.4. The molecular formula is C20H30N4OS2. The molecule has 0 spiro atoms. The van der Waals surface area contributed by atoms with Crippen molar-refractivity contribution in [1.29, 1.82) is 0 Å². The third-order valence-electron chi connectivity index (χ3n) is 3.87. The smallest absolute Gasteiger partial charge is 0.221 e. The van der Waals surface area contributed by atoms with E-state index in [1.165, 1.54) is 24.6 Å². The molecule has 1 aliphatic rings. The van der Waals surface area contributed by atoms with Crippen molar-refractivity contribution in [2.24, 2.45) is 0 Å². The molecule has 3 N–H and O–H groups in total. The Kier molecular flexibility index (Phi) is 10.4. The molecule has 0 saturated heterocycles. The van der Waals surface area contributed by atoms with Gasteiger partial charge in [-0.15, -0.1) is 0 Å². The summed E-state index contributed by atoms with van der Waals surface area (Å²) in [7, 11) is 2.01. The second kappa shape index (κ2) is 12.0. The van der Waals surface area contributed by atoms with Crippen LogP contribution >= 0.6 is 24.4 Å². The highest BCUT2D eigenvalue weighted by atomic mass is 32.2. The van der Waals surface area contributed by atoms with Crippen LogP contribution in [0, 0.1) is 13.8 Å². The molecule has 3 rings (SSSR count). The quantitative estimate of drug-likeness (QED) is 0.223. The lowest BCUT2D eigenvalue weighted by molar-refractivity contribution is 0.112. The Labute approximate surface area is 172 Å². The predicted octanol–water partition coefficient (Wildman–Crippen LogP) is 4.53. The summed E-state index contributed by atoms with van der Waals surface area (Å²) < 4.78 is 0. The van der Waals surface area contributed by atoms with E-state index in [1.54, 1.807) is 0 Å². The molecule has 0 aliphatic heterocycles. The zero-order valence-electron chi connectivity index (χ0n) is 16.7. The van der Waals surface area contributed by atoms with Gasteiger partial charge < -0.3 is 11.1 Å². The zero-order valence-corrected chi connectivity index (χ0v) is 18.5. The first-order valence-electron chi connectivity index (χ1n) is 9.11. The Morgan fingerprint density at radius 2 is 1.96 bits per heavy atom. The molecule has 1 saturated carbocycles. The summed E-state index contributed by atoms with van der Waals surface area (Å²) in [4.78, 5) is 19.8. The minimum atomic E-state index is 0.162. The van der Waals surface area contributed by atoms with Crippen LogP contribution in [0.5, 0.6) is 0 Å². The lowest BCUT2D eigenvalue weighted by Gasteiger charge is -2.11. The molecule has 1 heterocycles. The van der Waals surface area contributed by atoms with Crippen LogP contribution in [-0.2, 0) is 0 Å². The maximum atomic E-state index is 11.4. The minimum Gasteiger partial charge on any atom is -0.368 e. The van der Waals surface area contributed by atoms with Gasteiger partial charge in [-0.3, -0.25) is 4.79 Å². The number of nitrogen functional groups attached to an aromatic ring is 1. The van der Waals surface area contributed by atoms with Crippen LogP contribution in [0.3, 0.4) is 0 Å². The standard InChI is InChI=1S/C14H15N3OS2.C4H9N.C2H6/c1-8-3-4-10(9(2)5-8)12-11(6-18)13(20-7-19)17-14(15)16-12;1-5-4-2-3-4;1-2/h3-6,19H,7H2,1-2H3,(H2,15,16,17);4-5H,2-3H2,1H3;1-2H3. The summed E-state index contributed by atoms with van der Waals surface area (Å²) in [6.45, 7) is 8.01. The number of anilines is 1. The molecule has 1 fully saturated rings. The number of rotatable bonds is 5. The van der Waals surface area contributed by atoms with E-state index in [-0.39, 0.29) is 5.95 Å². The fraction of sp³-hybridized carbons (Fsp3) is 0.450. The summed E-state index contributed by atoms with van der Waals surface area (Å²) in [5.41, 5.74) is 9.90. The summed E-state index contributed by atoms with van der Waals surface area (Å²) >= 11 is 5.51. The van der Waals surface area contributed by atoms with Crippen molar-refractivity contribution in [3.63, 3.8) is 0 Å². The third kappa shape index (κ3) is 7.16. The molecule has 148 valence electrons. The maximum Gasteiger partial charge on any atom is 0.221 e. The van der Waals surface area contributed by atoms with Crippen LogP contribution in [0.15, 0.2) is 23.2 Å². The molecule has 1 aromatic carbocycles. The van der Waals surface area contributed by atoms with Crippen LogP contribution in [0.25, 0.3) is 11.3 Å². The Hall–Kier alpha value is -1.57. The largest absolute Gasteiger partial charge is 0.368 e. The van der Waals surface area contributed by atoms with Gasteiger partial charge in [-0.05, 0) is 39.3 Å². The van der Waals surface area contributed by atoms with E-state index in [0.29, 0.717) is 21.4 Å². The van der Waals surface area contributed by atoms with E-state index >= 15 is 0 Å². The van der Waals surface area contributed by atoms with Gasteiger partial charge in [0.25, 0.3) is 0 Å². The van der Waals surface area contributed by atoms with Gasteiger partial charge in [-0.1, -0.05) is 49.4 Å². The highest BCUT2D eigenvalue weighted by Crippen LogP contribution is 2.31. The lowest BCUT2D eigenvalue weighted by atomic mass is 10.0. The number of aldehydes is 1.